The van der Waals surface area contributed by atoms with E-state index in [2.05, 4.69) is 20.9 Å². The van der Waals surface area contributed by atoms with E-state index in [0.717, 1.165) is 21.8 Å². The molecule has 0 bridgehead atoms. The first-order chi connectivity index (χ1) is 15.1. The zero-order valence-electron chi connectivity index (χ0n) is 17.0. The molecule has 0 unspecified atom stereocenters. The highest BCUT2D eigenvalue weighted by molar-refractivity contribution is 9.10. The smallest absolute Gasteiger partial charge is 0.278 e. The summed E-state index contributed by atoms with van der Waals surface area (Å²) in [6.07, 6.45) is 1.52. The van der Waals surface area contributed by atoms with Crippen LogP contribution in [0.2, 0.25) is 5.02 Å². The summed E-state index contributed by atoms with van der Waals surface area (Å²) in [5.41, 5.74) is 1.28. The van der Waals surface area contributed by atoms with Crippen molar-refractivity contribution in [1.82, 2.24) is 9.88 Å². The predicted molar refractivity (Wildman–Crippen MR) is 128 cm³/mol. The molecule has 2 heterocycles. The topological polar surface area (TPSA) is 67.3 Å². The van der Waals surface area contributed by atoms with E-state index in [1.54, 1.807) is 12.1 Å². The number of thiazole rings is 1. The lowest BCUT2D eigenvalue weighted by atomic mass is 10.0. The molecule has 0 aliphatic carbocycles. The third-order valence-corrected chi connectivity index (χ3v) is 10.2. The molecule has 1 saturated heterocycles. The molecular weight excluding hydrogens is 539 g/mol. The number of amides is 1. The van der Waals surface area contributed by atoms with Crippen molar-refractivity contribution in [2.75, 3.05) is 18.8 Å². The van der Waals surface area contributed by atoms with Crippen molar-refractivity contribution in [2.24, 2.45) is 0 Å². The first-order valence-corrected chi connectivity index (χ1v) is 13.4. The average Bonchev–Trinajstić information content (AvgIpc) is 3.28. The van der Waals surface area contributed by atoms with Crippen molar-refractivity contribution in [2.45, 2.75) is 17.8 Å². The maximum Gasteiger partial charge on any atom is 0.278 e. The highest BCUT2D eigenvalue weighted by Gasteiger charge is 2.53. The lowest BCUT2D eigenvalue weighted by Crippen LogP contribution is -2.53. The van der Waals surface area contributed by atoms with E-state index in [0.29, 0.717) is 9.50 Å². The van der Waals surface area contributed by atoms with Crippen LogP contribution >= 0.6 is 38.9 Å². The van der Waals surface area contributed by atoms with Crippen LogP contribution in [0.5, 0.6) is 0 Å². The fourth-order valence-corrected chi connectivity index (χ4v) is 6.92. The highest BCUT2D eigenvalue weighted by Crippen LogP contribution is 2.41. The van der Waals surface area contributed by atoms with Crippen LogP contribution in [0.4, 0.5) is 4.39 Å². The van der Waals surface area contributed by atoms with Crippen molar-refractivity contribution >= 4 is 54.6 Å². The SMILES string of the molecule is C[C@@H](c1ccccc1)c1cnc([C@]2(F)CN(C(=O)c3ccc(Br)c(Cl)c3)CCS2(=O)=O)s1. The van der Waals surface area contributed by atoms with Gasteiger partial charge in [-0.25, -0.2) is 17.8 Å². The molecule has 3 aromatic rings. The Hall–Kier alpha value is -1.81. The highest BCUT2D eigenvalue weighted by atomic mass is 79.9. The van der Waals surface area contributed by atoms with E-state index in [4.69, 9.17) is 11.6 Å². The van der Waals surface area contributed by atoms with Gasteiger partial charge in [0.05, 0.1) is 17.3 Å². The molecule has 32 heavy (non-hydrogen) atoms. The molecule has 1 aliphatic rings. The summed E-state index contributed by atoms with van der Waals surface area (Å²) in [6, 6.07) is 14.3. The number of carbonyl (C=O) groups excluding carboxylic acids is 1. The third kappa shape index (κ3) is 4.23. The van der Waals surface area contributed by atoms with Crippen LogP contribution in [0, 0.1) is 0 Å². The molecule has 2 aromatic carbocycles. The molecule has 168 valence electrons. The van der Waals surface area contributed by atoms with E-state index < -0.39 is 33.0 Å². The number of benzene rings is 2. The maximum atomic E-state index is 16.2. The summed E-state index contributed by atoms with van der Waals surface area (Å²) < 4.78 is 42.4. The van der Waals surface area contributed by atoms with Crippen molar-refractivity contribution < 1.29 is 17.6 Å². The van der Waals surface area contributed by atoms with Crippen molar-refractivity contribution in [3.8, 4) is 0 Å². The van der Waals surface area contributed by atoms with Gasteiger partial charge in [-0.15, -0.1) is 11.3 Å². The summed E-state index contributed by atoms with van der Waals surface area (Å²) in [4.78, 5) is 19.1. The number of halogens is 3. The van der Waals surface area contributed by atoms with Gasteiger partial charge in [0.15, 0.2) is 9.84 Å². The molecule has 1 fully saturated rings. The van der Waals surface area contributed by atoms with Gasteiger partial charge < -0.3 is 4.90 Å². The molecular formula is C22H19BrClFN2O3S2. The lowest BCUT2D eigenvalue weighted by molar-refractivity contribution is 0.0666. The summed E-state index contributed by atoms with van der Waals surface area (Å²) in [5.74, 6) is -1.03. The minimum Gasteiger partial charge on any atom is -0.333 e. The van der Waals surface area contributed by atoms with Gasteiger partial charge in [0.25, 0.3) is 10.9 Å². The standard InChI is InChI=1S/C22H19BrClFN2O3S2/c1-14(15-5-3-2-4-6-15)19-12-26-21(31-19)22(25)13-27(9-10-32(22,29)30)20(28)16-7-8-17(23)18(24)11-16/h2-8,11-12,14H,9-10,13H2,1H3/t14-,22-/m0/s1. The van der Waals surface area contributed by atoms with Gasteiger partial charge >= 0.3 is 0 Å². The molecule has 0 saturated carbocycles. The first kappa shape index (κ1) is 23.4. The summed E-state index contributed by atoms with van der Waals surface area (Å²) in [5, 5.41) is -2.58. The Morgan fingerprint density at radius 1 is 1.28 bits per heavy atom. The number of aromatic nitrogens is 1. The largest absolute Gasteiger partial charge is 0.333 e. The Morgan fingerprint density at radius 3 is 2.69 bits per heavy atom. The molecule has 10 heteroatoms. The van der Waals surface area contributed by atoms with E-state index in [1.165, 1.54) is 17.2 Å². The van der Waals surface area contributed by atoms with Gasteiger partial charge in [-0.2, -0.15) is 0 Å². The van der Waals surface area contributed by atoms with Crippen LogP contribution in [0.25, 0.3) is 0 Å². The summed E-state index contributed by atoms with van der Waals surface area (Å²) >= 11 is 10.4. The number of rotatable bonds is 4. The fraction of sp³-hybridized carbons (Fsp3) is 0.273. The van der Waals surface area contributed by atoms with E-state index in [1.807, 2.05) is 37.3 Å². The van der Waals surface area contributed by atoms with Crippen molar-refractivity contribution in [3.63, 3.8) is 0 Å². The van der Waals surface area contributed by atoms with Gasteiger partial charge in [-0.1, -0.05) is 48.9 Å². The molecule has 4 rings (SSSR count). The first-order valence-electron chi connectivity index (χ1n) is 9.79. The maximum absolute atomic E-state index is 16.2. The number of nitrogens with zero attached hydrogens (tertiary/aromatic N) is 2. The Labute approximate surface area is 203 Å². The Balaban J connectivity index is 1.64. The van der Waals surface area contributed by atoms with Crippen LogP contribution in [-0.2, 0) is 14.8 Å². The predicted octanol–water partition coefficient (Wildman–Crippen LogP) is 5.40. The normalized spacial score (nSPS) is 21.3. The number of carbonyl (C=O) groups is 1. The number of hydrogen-bond acceptors (Lipinski definition) is 5. The fourth-order valence-electron chi connectivity index (χ4n) is 3.57. The summed E-state index contributed by atoms with van der Waals surface area (Å²) in [6.45, 7) is 1.24. The molecule has 2 atom stereocenters. The number of sulfone groups is 1. The number of hydrogen-bond donors (Lipinski definition) is 0. The second kappa shape index (κ2) is 8.85. The van der Waals surface area contributed by atoms with Gasteiger partial charge in [0.2, 0.25) is 0 Å². The minimum absolute atomic E-state index is 0.0695. The molecule has 0 N–H and O–H groups in total. The second-order valence-corrected chi connectivity index (χ2v) is 12.2. The monoisotopic (exact) mass is 556 g/mol. The van der Waals surface area contributed by atoms with Crippen molar-refractivity contribution in [3.05, 3.63) is 85.2 Å². The Morgan fingerprint density at radius 2 is 2.00 bits per heavy atom. The van der Waals surface area contributed by atoms with E-state index in [9.17, 15) is 13.2 Å². The van der Waals surface area contributed by atoms with Gasteiger partial charge in [0.1, 0.15) is 5.01 Å². The molecule has 5 nitrogen and oxygen atoms in total. The van der Waals surface area contributed by atoms with Gasteiger partial charge in [-0.05, 0) is 39.7 Å². The average molecular weight is 558 g/mol. The Bertz CT molecular complexity index is 1270. The zero-order valence-corrected chi connectivity index (χ0v) is 20.9. The van der Waals surface area contributed by atoms with Crippen LogP contribution in [0.3, 0.4) is 0 Å². The van der Waals surface area contributed by atoms with Gasteiger partial charge in [0, 0.05) is 33.6 Å². The molecule has 0 radical (unpaired) electrons. The van der Waals surface area contributed by atoms with Crippen LogP contribution in [0.1, 0.15) is 38.6 Å². The van der Waals surface area contributed by atoms with Crippen LogP contribution in [-0.4, -0.2) is 43.1 Å². The second-order valence-electron chi connectivity index (χ2n) is 7.60. The molecule has 1 aromatic heterocycles. The summed E-state index contributed by atoms with van der Waals surface area (Å²) in [7, 11) is -4.16. The number of alkyl halides is 1. The van der Waals surface area contributed by atoms with Gasteiger partial charge in [-0.3, -0.25) is 4.79 Å². The van der Waals surface area contributed by atoms with Crippen molar-refractivity contribution in [1.29, 1.82) is 0 Å². The molecule has 1 amide bonds. The zero-order chi connectivity index (χ0) is 23.1. The van der Waals surface area contributed by atoms with Crippen LogP contribution < -0.4 is 0 Å². The molecule has 1 aliphatic heterocycles. The van der Waals surface area contributed by atoms with E-state index >= 15 is 4.39 Å². The third-order valence-electron chi connectivity index (χ3n) is 5.54. The molecule has 0 spiro atoms. The minimum atomic E-state index is -4.16. The lowest BCUT2D eigenvalue weighted by Gasteiger charge is -2.35. The van der Waals surface area contributed by atoms with E-state index in [-0.39, 0.29) is 23.0 Å². The van der Waals surface area contributed by atoms with Crippen LogP contribution in [0.15, 0.2) is 59.2 Å². The quantitative estimate of drug-likeness (QED) is 0.431. The Kier molecular flexibility index (Phi) is 6.46.